The van der Waals surface area contributed by atoms with Crippen LogP contribution in [0.15, 0.2) is 0 Å². The molecule has 0 radical (unpaired) electrons. The smallest absolute Gasteiger partial charge is 0.0246 e. The maximum Gasteiger partial charge on any atom is 0.0246 e. The molecule has 0 aromatic rings. The lowest BCUT2D eigenvalue weighted by molar-refractivity contribution is 0.110. The number of hydrogen-bond acceptors (Lipinski definition) is 2. The van der Waals surface area contributed by atoms with Crippen molar-refractivity contribution in [3.8, 4) is 0 Å². The molecule has 2 fully saturated rings. The first-order chi connectivity index (χ1) is 8.70. The van der Waals surface area contributed by atoms with Crippen LogP contribution in [0.1, 0.15) is 64.7 Å². The van der Waals surface area contributed by atoms with Crippen molar-refractivity contribution in [3.63, 3.8) is 0 Å². The van der Waals surface area contributed by atoms with Crippen LogP contribution in [0, 0.1) is 11.8 Å². The highest BCUT2D eigenvalue weighted by Gasteiger charge is 2.31. The van der Waals surface area contributed by atoms with Gasteiger partial charge in [0.05, 0.1) is 0 Å². The van der Waals surface area contributed by atoms with E-state index >= 15 is 0 Å². The van der Waals surface area contributed by atoms with Crippen LogP contribution in [0.2, 0.25) is 0 Å². The summed E-state index contributed by atoms with van der Waals surface area (Å²) in [5.41, 5.74) is 6.36. The van der Waals surface area contributed by atoms with E-state index in [-0.39, 0.29) is 0 Å². The van der Waals surface area contributed by atoms with E-state index in [0.717, 1.165) is 11.8 Å². The van der Waals surface area contributed by atoms with E-state index in [9.17, 15) is 0 Å². The minimum Gasteiger partial charge on any atom is -0.326 e. The first-order valence-electron chi connectivity index (χ1n) is 8.16. The number of nitrogens with two attached hydrogens (primary N) is 1. The maximum atomic E-state index is 6.36. The summed E-state index contributed by atoms with van der Waals surface area (Å²) in [6.07, 6.45) is 12.5. The van der Waals surface area contributed by atoms with Gasteiger partial charge in [-0.2, -0.15) is 0 Å². The van der Waals surface area contributed by atoms with Crippen molar-refractivity contribution in [3.05, 3.63) is 0 Å². The van der Waals surface area contributed by atoms with E-state index in [1.165, 1.54) is 64.3 Å². The average molecular weight is 252 g/mol. The summed E-state index contributed by atoms with van der Waals surface area (Å²) in [4.78, 5) is 2.60. The molecule has 2 rings (SSSR count). The zero-order valence-corrected chi connectivity index (χ0v) is 12.4. The molecule has 18 heavy (non-hydrogen) atoms. The van der Waals surface area contributed by atoms with Gasteiger partial charge in [0.25, 0.3) is 0 Å². The lowest BCUT2D eigenvalue weighted by Crippen LogP contribution is -2.51. The van der Waals surface area contributed by atoms with Crippen LogP contribution in [0.5, 0.6) is 0 Å². The standard InChI is InChI=1S/C16H32N2/c1-3-13-9-10-15(17)16(11-13)18(2)12-14-7-5-4-6-8-14/h13-16H,3-12,17H2,1-2H3. The zero-order valence-electron chi connectivity index (χ0n) is 12.4. The van der Waals surface area contributed by atoms with E-state index in [0.29, 0.717) is 12.1 Å². The fourth-order valence-electron chi connectivity index (χ4n) is 4.04. The zero-order chi connectivity index (χ0) is 13.0. The molecule has 0 aromatic carbocycles. The van der Waals surface area contributed by atoms with Crippen LogP contribution in [0.4, 0.5) is 0 Å². The average Bonchev–Trinajstić information content (AvgIpc) is 2.40. The van der Waals surface area contributed by atoms with E-state index in [2.05, 4.69) is 18.9 Å². The molecule has 2 aliphatic carbocycles. The van der Waals surface area contributed by atoms with E-state index in [1.807, 2.05) is 0 Å². The summed E-state index contributed by atoms with van der Waals surface area (Å²) < 4.78 is 0. The number of likely N-dealkylation sites (N-methyl/N-ethyl adjacent to an activating group) is 1. The normalized spacial score (nSPS) is 35.0. The van der Waals surface area contributed by atoms with Gasteiger partial charge in [-0.1, -0.05) is 32.6 Å². The Morgan fingerprint density at radius 1 is 1.00 bits per heavy atom. The van der Waals surface area contributed by atoms with Crippen LogP contribution in [-0.2, 0) is 0 Å². The molecule has 3 atom stereocenters. The molecule has 0 aromatic heterocycles. The number of hydrogen-bond donors (Lipinski definition) is 1. The minimum atomic E-state index is 0.418. The van der Waals surface area contributed by atoms with Crippen LogP contribution in [-0.4, -0.2) is 30.6 Å². The second-order valence-electron chi connectivity index (χ2n) is 6.76. The highest BCUT2D eigenvalue weighted by atomic mass is 15.1. The molecule has 3 unspecified atom stereocenters. The monoisotopic (exact) mass is 252 g/mol. The molecule has 2 saturated carbocycles. The lowest BCUT2D eigenvalue weighted by atomic mass is 9.80. The maximum absolute atomic E-state index is 6.36. The Hall–Kier alpha value is -0.0800. The predicted octanol–water partition coefficient (Wildman–Crippen LogP) is 3.40. The van der Waals surface area contributed by atoms with Gasteiger partial charge in [0.15, 0.2) is 0 Å². The Kier molecular flexibility index (Phi) is 5.50. The fraction of sp³-hybridized carbons (Fsp3) is 1.00. The van der Waals surface area contributed by atoms with Gasteiger partial charge in [-0.15, -0.1) is 0 Å². The highest BCUT2D eigenvalue weighted by molar-refractivity contribution is 4.88. The van der Waals surface area contributed by atoms with Crippen LogP contribution in [0.25, 0.3) is 0 Å². The van der Waals surface area contributed by atoms with Gasteiger partial charge in [0.2, 0.25) is 0 Å². The van der Waals surface area contributed by atoms with Gasteiger partial charge in [-0.05, 0) is 51.0 Å². The Morgan fingerprint density at radius 2 is 1.72 bits per heavy atom. The summed E-state index contributed by atoms with van der Waals surface area (Å²) in [7, 11) is 2.32. The third kappa shape index (κ3) is 3.71. The summed E-state index contributed by atoms with van der Waals surface area (Å²) >= 11 is 0. The first-order valence-corrected chi connectivity index (χ1v) is 8.16. The van der Waals surface area contributed by atoms with Crippen LogP contribution >= 0.6 is 0 Å². The van der Waals surface area contributed by atoms with Gasteiger partial charge in [-0.25, -0.2) is 0 Å². The first kappa shape index (κ1) is 14.3. The molecule has 0 aliphatic heterocycles. The largest absolute Gasteiger partial charge is 0.326 e. The Bertz CT molecular complexity index is 235. The highest BCUT2D eigenvalue weighted by Crippen LogP contribution is 2.30. The van der Waals surface area contributed by atoms with Crippen molar-refractivity contribution in [1.82, 2.24) is 4.90 Å². The van der Waals surface area contributed by atoms with Gasteiger partial charge in [0.1, 0.15) is 0 Å². The molecule has 0 amide bonds. The molecule has 0 saturated heterocycles. The van der Waals surface area contributed by atoms with Crippen LogP contribution < -0.4 is 5.73 Å². The molecule has 0 spiro atoms. The molecule has 2 aliphatic rings. The second-order valence-corrected chi connectivity index (χ2v) is 6.76. The number of nitrogens with zero attached hydrogens (tertiary/aromatic N) is 1. The molecule has 0 heterocycles. The van der Waals surface area contributed by atoms with Crippen molar-refractivity contribution in [2.75, 3.05) is 13.6 Å². The van der Waals surface area contributed by atoms with Gasteiger partial charge in [0, 0.05) is 18.6 Å². The van der Waals surface area contributed by atoms with Crippen molar-refractivity contribution in [2.45, 2.75) is 76.8 Å². The fourth-order valence-corrected chi connectivity index (χ4v) is 4.04. The minimum absolute atomic E-state index is 0.418. The molecule has 2 nitrogen and oxygen atoms in total. The Labute approximate surface area is 113 Å². The summed E-state index contributed by atoms with van der Waals surface area (Å²) in [6, 6.07) is 1.06. The second kappa shape index (κ2) is 6.91. The third-order valence-electron chi connectivity index (χ3n) is 5.39. The predicted molar refractivity (Wildman–Crippen MR) is 78.6 cm³/mol. The molecular weight excluding hydrogens is 220 g/mol. The third-order valence-corrected chi connectivity index (χ3v) is 5.39. The Morgan fingerprint density at radius 3 is 2.39 bits per heavy atom. The topological polar surface area (TPSA) is 29.3 Å². The Balaban J connectivity index is 1.83. The SMILES string of the molecule is CCC1CCC(N)C(N(C)CC2CCCCC2)C1. The van der Waals surface area contributed by atoms with E-state index < -0.39 is 0 Å². The van der Waals surface area contributed by atoms with Crippen molar-refractivity contribution in [1.29, 1.82) is 0 Å². The molecule has 0 bridgehead atoms. The molecule has 2 N–H and O–H groups in total. The molecular formula is C16H32N2. The summed E-state index contributed by atoms with van der Waals surface area (Å²) in [6.45, 7) is 3.62. The lowest BCUT2D eigenvalue weighted by Gasteiger charge is -2.41. The molecule has 106 valence electrons. The van der Waals surface area contributed by atoms with Crippen LogP contribution in [0.3, 0.4) is 0 Å². The summed E-state index contributed by atoms with van der Waals surface area (Å²) in [5.74, 6) is 1.86. The van der Waals surface area contributed by atoms with Gasteiger partial charge < -0.3 is 10.6 Å². The molecule has 2 heteroatoms. The van der Waals surface area contributed by atoms with E-state index in [1.54, 1.807) is 0 Å². The van der Waals surface area contributed by atoms with E-state index in [4.69, 9.17) is 5.73 Å². The van der Waals surface area contributed by atoms with Crippen molar-refractivity contribution < 1.29 is 0 Å². The number of rotatable bonds is 4. The van der Waals surface area contributed by atoms with Crippen molar-refractivity contribution in [2.24, 2.45) is 17.6 Å². The quantitative estimate of drug-likeness (QED) is 0.831. The van der Waals surface area contributed by atoms with Gasteiger partial charge >= 0.3 is 0 Å². The van der Waals surface area contributed by atoms with Gasteiger partial charge in [-0.3, -0.25) is 0 Å². The van der Waals surface area contributed by atoms with Crippen molar-refractivity contribution >= 4 is 0 Å². The summed E-state index contributed by atoms with van der Waals surface area (Å²) in [5, 5.41) is 0.